The smallest absolute Gasteiger partial charge is 0.277 e. The van der Waals surface area contributed by atoms with Gasteiger partial charge in [0.15, 0.2) is 0 Å². The fourth-order valence-corrected chi connectivity index (χ4v) is 5.13. The number of rotatable bonds is 6. The number of likely N-dealkylation sites (tertiary alicyclic amines) is 1. The molecule has 1 saturated heterocycles. The molecule has 1 aliphatic heterocycles. The van der Waals surface area contributed by atoms with E-state index in [4.69, 9.17) is 21.3 Å². The minimum Gasteiger partial charge on any atom is -0.487 e. The number of nitrogens with zero attached hydrogens (tertiary/aromatic N) is 5. The lowest BCUT2D eigenvalue weighted by atomic mass is 9.96. The van der Waals surface area contributed by atoms with Crippen LogP contribution in [0.4, 0.5) is 8.78 Å². The Bertz CT molecular complexity index is 1690. The molecule has 212 valence electrons. The highest BCUT2D eigenvalue weighted by atomic mass is 35.5. The number of amides is 1. The number of aryl methyl sites for hydroxylation is 2. The van der Waals surface area contributed by atoms with E-state index in [1.807, 2.05) is 11.8 Å². The van der Waals surface area contributed by atoms with Gasteiger partial charge in [0.1, 0.15) is 34.8 Å². The van der Waals surface area contributed by atoms with Crippen molar-refractivity contribution in [2.75, 3.05) is 13.1 Å². The van der Waals surface area contributed by atoms with Gasteiger partial charge in [0.25, 0.3) is 5.56 Å². The van der Waals surface area contributed by atoms with Crippen LogP contribution >= 0.6 is 11.6 Å². The Morgan fingerprint density at radius 1 is 1.07 bits per heavy atom. The third-order valence-corrected chi connectivity index (χ3v) is 7.60. The van der Waals surface area contributed by atoms with E-state index in [-0.39, 0.29) is 34.8 Å². The Kier molecular flexibility index (Phi) is 8.12. The molecule has 3 aromatic heterocycles. The highest BCUT2D eigenvalue weighted by Crippen LogP contribution is 2.29. The molecule has 0 radical (unpaired) electrons. The van der Waals surface area contributed by atoms with E-state index in [0.29, 0.717) is 41.7 Å². The summed E-state index contributed by atoms with van der Waals surface area (Å²) in [5.74, 6) is -0.442. The first kappa shape index (κ1) is 28.4. The molecule has 4 heterocycles. The molecule has 0 atom stereocenters. The van der Waals surface area contributed by atoms with Crippen LogP contribution in [0.1, 0.15) is 48.3 Å². The van der Waals surface area contributed by atoms with Crippen molar-refractivity contribution in [2.45, 2.75) is 46.1 Å². The summed E-state index contributed by atoms with van der Waals surface area (Å²) in [7, 11) is 0. The molecule has 1 aliphatic rings. The standard InChI is InChI=1S/C30H28ClF2N5O3/c1-17-15-35-25(24-6-9-34-29(36-24)20-7-10-37(11-8-20)19(3)39)14-26(17)38-18(2)12-27(28(31)30(38)40)41-16-21-4-5-22(32)13-23(21)33/h4-6,9,12-15,20H,7-8,10-11,16H2,1-3H3. The molecule has 1 aromatic carbocycles. The number of piperidine rings is 1. The maximum Gasteiger partial charge on any atom is 0.277 e. The minimum absolute atomic E-state index is 0.0708. The number of halogens is 3. The van der Waals surface area contributed by atoms with Gasteiger partial charge in [-0.25, -0.2) is 18.7 Å². The summed E-state index contributed by atoms with van der Waals surface area (Å²) in [6.45, 7) is 6.26. The van der Waals surface area contributed by atoms with Crippen molar-refractivity contribution in [1.82, 2.24) is 24.4 Å². The van der Waals surface area contributed by atoms with Crippen LogP contribution in [-0.4, -0.2) is 43.4 Å². The first-order valence-electron chi connectivity index (χ1n) is 13.2. The van der Waals surface area contributed by atoms with Crippen LogP contribution in [-0.2, 0) is 11.4 Å². The van der Waals surface area contributed by atoms with E-state index >= 15 is 0 Å². The Morgan fingerprint density at radius 2 is 1.83 bits per heavy atom. The molecule has 1 fully saturated rings. The number of pyridine rings is 2. The third kappa shape index (κ3) is 5.97. The van der Waals surface area contributed by atoms with Gasteiger partial charge >= 0.3 is 0 Å². The van der Waals surface area contributed by atoms with Crippen molar-refractivity contribution in [3.8, 4) is 22.8 Å². The summed E-state index contributed by atoms with van der Waals surface area (Å²) in [5.41, 5.74) is 2.64. The zero-order chi connectivity index (χ0) is 29.3. The molecule has 0 N–H and O–H groups in total. The summed E-state index contributed by atoms with van der Waals surface area (Å²) in [4.78, 5) is 40.8. The van der Waals surface area contributed by atoms with Crippen molar-refractivity contribution >= 4 is 17.5 Å². The van der Waals surface area contributed by atoms with Crippen molar-refractivity contribution < 1.29 is 18.3 Å². The third-order valence-electron chi connectivity index (χ3n) is 7.26. The van der Waals surface area contributed by atoms with Crippen molar-refractivity contribution in [3.63, 3.8) is 0 Å². The van der Waals surface area contributed by atoms with Crippen LogP contribution < -0.4 is 10.3 Å². The maximum absolute atomic E-state index is 14.0. The molecule has 0 aliphatic carbocycles. The second-order valence-electron chi connectivity index (χ2n) is 10.1. The number of carbonyl (C=O) groups is 1. The summed E-state index contributed by atoms with van der Waals surface area (Å²) in [6, 6.07) is 8.32. The van der Waals surface area contributed by atoms with Gasteiger partial charge in [0.05, 0.1) is 17.1 Å². The topological polar surface area (TPSA) is 90.2 Å². The first-order chi connectivity index (χ1) is 19.6. The monoisotopic (exact) mass is 579 g/mol. The average molecular weight is 580 g/mol. The molecule has 0 saturated carbocycles. The second-order valence-corrected chi connectivity index (χ2v) is 10.4. The van der Waals surface area contributed by atoms with E-state index in [1.165, 1.54) is 10.6 Å². The van der Waals surface area contributed by atoms with Crippen LogP contribution in [0, 0.1) is 25.5 Å². The number of carbonyl (C=O) groups excluding carboxylic acids is 1. The molecule has 0 bridgehead atoms. The van der Waals surface area contributed by atoms with E-state index in [0.717, 1.165) is 30.5 Å². The molecule has 0 unspecified atom stereocenters. The van der Waals surface area contributed by atoms with Gasteiger partial charge in [0.2, 0.25) is 5.91 Å². The van der Waals surface area contributed by atoms with Gasteiger partial charge in [-0.05, 0) is 56.5 Å². The van der Waals surface area contributed by atoms with Crippen molar-refractivity contribution in [3.05, 3.63) is 98.4 Å². The Hall–Kier alpha value is -4.18. The summed E-state index contributed by atoms with van der Waals surface area (Å²) in [6.07, 6.45) is 4.93. The Morgan fingerprint density at radius 3 is 2.54 bits per heavy atom. The van der Waals surface area contributed by atoms with Crippen molar-refractivity contribution in [2.24, 2.45) is 0 Å². The zero-order valence-electron chi connectivity index (χ0n) is 22.8. The van der Waals surface area contributed by atoms with E-state index in [9.17, 15) is 18.4 Å². The van der Waals surface area contributed by atoms with Gasteiger partial charge in [0, 0.05) is 61.7 Å². The fraction of sp³-hybridized carbons (Fsp3) is 0.300. The lowest BCUT2D eigenvalue weighted by Crippen LogP contribution is -2.36. The van der Waals surface area contributed by atoms with Gasteiger partial charge in [-0.1, -0.05) is 11.6 Å². The van der Waals surface area contributed by atoms with Gasteiger partial charge in [-0.2, -0.15) is 0 Å². The zero-order valence-corrected chi connectivity index (χ0v) is 23.6. The summed E-state index contributed by atoms with van der Waals surface area (Å²) >= 11 is 6.42. The Labute approximate surface area is 240 Å². The summed E-state index contributed by atoms with van der Waals surface area (Å²) < 4.78 is 34.4. The van der Waals surface area contributed by atoms with E-state index < -0.39 is 17.2 Å². The van der Waals surface area contributed by atoms with Gasteiger partial charge in [-0.3, -0.25) is 19.1 Å². The molecule has 8 nitrogen and oxygen atoms in total. The number of ether oxygens (including phenoxy) is 1. The lowest BCUT2D eigenvalue weighted by molar-refractivity contribution is -0.129. The quantitative estimate of drug-likeness (QED) is 0.298. The molecule has 5 rings (SSSR count). The molecule has 1 amide bonds. The molecule has 0 spiro atoms. The fourth-order valence-electron chi connectivity index (χ4n) is 4.94. The van der Waals surface area contributed by atoms with Crippen LogP contribution in [0.2, 0.25) is 5.02 Å². The highest BCUT2D eigenvalue weighted by Gasteiger charge is 2.24. The van der Waals surface area contributed by atoms with Crippen molar-refractivity contribution in [1.29, 1.82) is 0 Å². The molecular weight excluding hydrogens is 552 g/mol. The highest BCUT2D eigenvalue weighted by molar-refractivity contribution is 6.31. The van der Waals surface area contributed by atoms with E-state index in [2.05, 4.69) is 9.97 Å². The minimum atomic E-state index is -0.750. The van der Waals surface area contributed by atoms with Crippen LogP contribution in [0.25, 0.3) is 17.1 Å². The maximum atomic E-state index is 14.0. The number of hydrogen-bond donors (Lipinski definition) is 0. The molecule has 41 heavy (non-hydrogen) atoms. The summed E-state index contributed by atoms with van der Waals surface area (Å²) in [5, 5.41) is -0.169. The normalized spacial score (nSPS) is 13.9. The predicted octanol–water partition coefficient (Wildman–Crippen LogP) is 5.54. The SMILES string of the molecule is CC(=O)N1CCC(c2nccc(-c3cc(-n4c(C)cc(OCc5ccc(F)cc5F)c(Cl)c4=O)c(C)cn3)n2)CC1. The first-order valence-corrected chi connectivity index (χ1v) is 13.5. The largest absolute Gasteiger partial charge is 0.487 e. The predicted molar refractivity (Wildman–Crippen MR) is 150 cm³/mol. The van der Waals surface area contributed by atoms with Crippen LogP contribution in [0.15, 0.2) is 53.6 Å². The molecular formula is C30H28ClF2N5O3. The number of benzene rings is 1. The van der Waals surface area contributed by atoms with E-state index in [1.54, 1.807) is 44.4 Å². The lowest BCUT2D eigenvalue weighted by Gasteiger charge is -2.30. The van der Waals surface area contributed by atoms with Gasteiger partial charge < -0.3 is 9.64 Å². The Balaban J connectivity index is 1.43. The molecule has 4 aromatic rings. The molecule has 11 heteroatoms. The number of aromatic nitrogens is 4. The average Bonchev–Trinajstić information content (AvgIpc) is 2.96. The van der Waals surface area contributed by atoms with Gasteiger partial charge in [-0.15, -0.1) is 0 Å². The van der Waals surface area contributed by atoms with Crippen LogP contribution in [0.5, 0.6) is 5.75 Å². The second kappa shape index (κ2) is 11.7. The number of hydrogen-bond acceptors (Lipinski definition) is 6. The van der Waals surface area contributed by atoms with Crippen LogP contribution in [0.3, 0.4) is 0 Å².